The normalized spacial score (nSPS) is 12.7. The minimum Gasteiger partial charge on any atom is -0.482 e. The van der Waals surface area contributed by atoms with Gasteiger partial charge in [-0.05, 0) is 101 Å². The number of ether oxygens (including phenoxy) is 2. The number of anilines is 4. The Morgan fingerprint density at radius 3 is 1.28 bits per heavy atom. The van der Waals surface area contributed by atoms with Crippen molar-refractivity contribution in [3.63, 3.8) is 0 Å². The zero-order valence-electron chi connectivity index (χ0n) is 40.1. The summed E-state index contributed by atoms with van der Waals surface area (Å²) in [6.45, 7) is 2.81. The SMILES string of the molecule is Cc1ccccc1C#Cc1cc2ccccc2c2c1OCC(=O)Nc1cccc(n1)NC(=O)c1cc(cc([N+](=O)[O-])c1)C(=O)Nc1cccc(n1)NC(=O)COc1c(C#Cc3ccccc3C)cc3ccccc3c1-2. The van der Waals surface area contributed by atoms with E-state index in [0.717, 1.165) is 45.2 Å². The number of non-ortho nitro benzene ring substituents is 1. The van der Waals surface area contributed by atoms with Crippen LogP contribution in [0.4, 0.5) is 29.0 Å². The Balaban J connectivity index is 1.18. The van der Waals surface area contributed by atoms with E-state index in [9.17, 15) is 29.3 Å². The average Bonchev–Trinajstić information content (AvgIpc) is 3.41. The first kappa shape index (κ1) is 48.0. The fraction of sp³-hybridized carbons (Fsp3) is 0.0667. The first-order valence-corrected chi connectivity index (χ1v) is 23.4. The molecule has 0 unspecified atom stereocenters. The molecule has 364 valence electrons. The molecule has 0 saturated carbocycles. The summed E-state index contributed by atoms with van der Waals surface area (Å²) in [7, 11) is 0. The van der Waals surface area contributed by atoms with Gasteiger partial charge in [0, 0.05) is 45.5 Å². The molecule has 0 atom stereocenters. The molecule has 7 aromatic carbocycles. The van der Waals surface area contributed by atoms with Gasteiger partial charge in [-0.25, -0.2) is 9.97 Å². The maximum atomic E-state index is 14.1. The summed E-state index contributed by atoms with van der Waals surface area (Å²) in [5, 5.41) is 25.7. The van der Waals surface area contributed by atoms with E-state index in [-0.39, 0.29) is 45.9 Å². The van der Waals surface area contributed by atoms with E-state index >= 15 is 0 Å². The first-order valence-electron chi connectivity index (χ1n) is 23.4. The van der Waals surface area contributed by atoms with Gasteiger partial charge in [0.2, 0.25) is 0 Å². The lowest BCUT2D eigenvalue weighted by molar-refractivity contribution is -0.384. The van der Waals surface area contributed by atoms with Gasteiger partial charge in [0.1, 0.15) is 34.8 Å². The number of hydrogen-bond acceptors (Lipinski definition) is 10. The van der Waals surface area contributed by atoms with Crippen molar-refractivity contribution >= 4 is 74.1 Å². The molecule has 15 heteroatoms. The van der Waals surface area contributed by atoms with Crippen molar-refractivity contribution in [1.82, 2.24) is 9.97 Å². The number of carbonyl (C=O) groups is 4. The van der Waals surface area contributed by atoms with Gasteiger partial charge in [-0.15, -0.1) is 0 Å². The summed E-state index contributed by atoms with van der Waals surface area (Å²) in [6, 6.07) is 46.8. The van der Waals surface area contributed by atoms with Crippen LogP contribution in [0.3, 0.4) is 0 Å². The van der Waals surface area contributed by atoms with Crippen molar-refractivity contribution < 1.29 is 33.6 Å². The second-order valence-electron chi connectivity index (χ2n) is 17.3. The summed E-state index contributed by atoms with van der Waals surface area (Å²) in [5.41, 5.74) is 4.33. The molecule has 0 spiro atoms. The van der Waals surface area contributed by atoms with Crippen molar-refractivity contribution in [3.05, 3.63) is 218 Å². The van der Waals surface area contributed by atoms with Crippen molar-refractivity contribution in [2.75, 3.05) is 34.5 Å². The Morgan fingerprint density at radius 2 is 0.853 bits per heavy atom. The molecule has 0 radical (unpaired) electrons. The Hall–Kier alpha value is -10.6. The molecule has 10 rings (SSSR count). The second-order valence-corrected chi connectivity index (χ2v) is 17.3. The number of amides is 4. The third kappa shape index (κ3) is 10.7. The third-order valence-corrected chi connectivity index (χ3v) is 12.1. The smallest absolute Gasteiger partial charge is 0.271 e. The highest BCUT2D eigenvalue weighted by Crippen LogP contribution is 2.48. The molecule has 3 heterocycles. The number of hydrogen-bond donors (Lipinski definition) is 4. The Bertz CT molecular complexity index is 3730. The van der Waals surface area contributed by atoms with E-state index < -0.39 is 47.5 Å². The molecule has 15 nitrogen and oxygen atoms in total. The van der Waals surface area contributed by atoms with Gasteiger partial charge in [0.15, 0.2) is 13.2 Å². The number of nitrogens with zero attached hydrogens (tertiary/aromatic N) is 3. The molecule has 0 fully saturated rings. The number of benzene rings is 7. The predicted molar refractivity (Wildman–Crippen MR) is 287 cm³/mol. The second kappa shape index (κ2) is 21.0. The highest BCUT2D eigenvalue weighted by molar-refractivity contribution is 6.12. The number of nitrogens with one attached hydrogen (secondary N) is 4. The largest absolute Gasteiger partial charge is 0.482 e. The number of aromatic nitrogens is 2. The van der Waals surface area contributed by atoms with Gasteiger partial charge in [-0.1, -0.05) is 121 Å². The zero-order valence-corrected chi connectivity index (χ0v) is 40.1. The number of rotatable bonds is 1. The first-order chi connectivity index (χ1) is 36.4. The van der Waals surface area contributed by atoms with Gasteiger partial charge < -0.3 is 30.7 Å². The van der Waals surface area contributed by atoms with Crippen LogP contribution >= 0.6 is 0 Å². The lowest BCUT2D eigenvalue weighted by atomic mass is 9.88. The monoisotopic (exact) mass is 987 g/mol. The van der Waals surface area contributed by atoms with Crippen molar-refractivity contribution in [2.45, 2.75) is 13.8 Å². The molecule has 6 bridgehead atoms. The van der Waals surface area contributed by atoms with Gasteiger partial charge in [-0.2, -0.15) is 0 Å². The topological polar surface area (TPSA) is 204 Å². The predicted octanol–water partition coefficient (Wildman–Crippen LogP) is 10.6. The zero-order chi connectivity index (χ0) is 52.0. The van der Waals surface area contributed by atoms with Crippen LogP contribution in [0, 0.1) is 47.6 Å². The van der Waals surface area contributed by atoms with Crippen LogP contribution in [-0.2, 0) is 9.59 Å². The van der Waals surface area contributed by atoms with Crippen molar-refractivity contribution in [2.24, 2.45) is 0 Å². The molecule has 0 saturated heterocycles. The average molecular weight is 988 g/mol. The van der Waals surface area contributed by atoms with Gasteiger partial charge in [-0.3, -0.25) is 29.3 Å². The van der Waals surface area contributed by atoms with Crippen LogP contribution in [0.5, 0.6) is 11.5 Å². The Kier molecular flexibility index (Phi) is 13.4. The quantitative estimate of drug-likeness (QED) is 0.0696. The lowest BCUT2D eigenvalue weighted by Gasteiger charge is -2.22. The van der Waals surface area contributed by atoms with Gasteiger partial charge in [0.25, 0.3) is 29.3 Å². The van der Waals surface area contributed by atoms with Crippen LogP contribution in [0.1, 0.15) is 54.1 Å². The van der Waals surface area contributed by atoms with Crippen molar-refractivity contribution in [3.8, 4) is 46.3 Å². The molecular weight excluding hydrogens is 947 g/mol. The molecular formula is C60H41N7O8. The maximum Gasteiger partial charge on any atom is 0.271 e. The highest BCUT2D eigenvalue weighted by Gasteiger charge is 2.26. The molecule has 4 N–H and O–H groups in total. The minimum atomic E-state index is -0.831. The van der Waals surface area contributed by atoms with Crippen molar-refractivity contribution in [1.29, 1.82) is 0 Å². The van der Waals surface area contributed by atoms with Gasteiger partial charge >= 0.3 is 0 Å². The molecule has 4 amide bonds. The van der Waals surface area contributed by atoms with E-state index in [2.05, 4.69) is 54.9 Å². The Labute approximate surface area is 429 Å². The van der Waals surface area contributed by atoms with E-state index in [1.54, 1.807) is 12.1 Å². The van der Waals surface area contributed by atoms with E-state index in [4.69, 9.17) is 9.47 Å². The third-order valence-electron chi connectivity index (χ3n) is 12.1. The van der Waals surface area contributed by atoms with E-state index in [1.807, 2.05) is 123 Å². The summed E-state index contributed by atoms with van der Waals surface area (Å²) in [4.78, 5) is 75.6. The maximum absolute atomic E-state index is 14.1. The van der Waals surface area contributed by atoms with E-state index in [0.29, 0.717) is 33.0 Å². The molecule has 9 aromatic rings. The number of aryl methyl sites for hydroxylation is 2. The molecule has 2 aromatic heterocycles. The van der Waals surface area contributed by atoms with Crippen LogP contribution in [0.25, 0.3) is 32.7 Å². The number of nitro benzene ring substituents is 1. The summed E-state index contributed by atoms with van der Waals surface area (Å²) < 4.78 is 13.4. The lowest BCUT2D eigenvalue weighted by Crippen LogP contribution is -2.22. The standard InChI is InChI=1S/C60H41N7O8/c1-36-13-3-5-15-38(36)25-27-42-29-40-17-7-9-19-47(40)55-56-48-20-10-8-18-41(48)30-43(28-26-39-16-6-4-14-37(39)2)58(56)75-35-54(69)64-50-22-12-24-52(62-50)66-60(71)45-31-44(32-46(33-45)67(72)73)59(70)65-51-23-11-21-49(61-51)63-53(68)34-74-57(42)55/h3-24,29-33H,34-35H2,1-2H3,(H2,61,63,65,68,70)(H2,62,64,66,69,71). The number of carbonyl (C=O) groups excluding carboxylic acids is 4. The molecule has 0 aliphatic carbocycles. The molecule has 1 aliphatic rings. The van der Waals surface area contributed by atoms with Crippen LogP contribution in [-0.4, -0.2) is 51.7 Å². The number of fused-ring (bicyclic) bond motifs is 13. The Morgan fingerprint density at radius 1 is 0.467 bits per heavy atom. The fourth-order valence-electron chi connectivity index (χ4n) is 8.47. The van der Waals surface area contributed by atoms with Gasteiger partial charge in [0.05, 0.1) is 16.1 Å². The molecule has 1 aliphatic heterocycles. The fourth-order valence-corrected chi connectivity index (χ4v) is 8.47. The van der Waals surface area contributed by atoms with E-state index in [1.165, 1.54) is 30.3 Å². The van der Waals surface area contributed by atoms with Crippen LogP contribution in [0.2, 0.25) is 0 Å². The number of pyridine rings is 2. The van der Waals surface area contributed by atoms with Crippen LogP contribution < -0.4 is 30.7 Å². The summed E-state index contributed by atoms with van der Waals surface area (Å²) >= 11 is 0. The highest BCUT2D eigenvalue weighted by atomic mass is 16.6. The summed E-state index contributed by atoms with van der Waals surface area (Å²) in [6.07, 6.45) is 0. The minimum absolute atomic E-state index is 0.0137. The molecule has 75 heavy (non-hydrogen) atoms. The number of nitro groups is 1. The van der Waals surface area contributed by atoms with Crippen LogP contribution in [0.15, 0.2) is 164 Å². The summed E-state index contributed by atoms with van der Waals surface area (Å²) in [5.74, 6) is 11.0.